The SMILES string of the molecule is Cc1cc(N)cnc1NCC(C)C(C)(C)C. The third-order valence-corrected chi connectivity index (χ3v) is 3.15. The molecule has 3 N–H and O–H groups in total. The summed E-state index contributed by atoms with van der Waals surface area (Å²) >= 11 is 0. The van der Waals surface area contributed by atoms with Crippen LogP contribution in [-0.4, -0.2) is 11.5 Å². The van der Waals surface area contributed by atoms with Crippen molar-refractivity contribution in [3.05, 3.63) is 17.8 Å². The minimum Gasteiger partial charge on any atom is -0.397 e. The van der Waals surface area contributed by atoms with E-state index in [-0.39, 0.29) is 0 Å². The number of hydrogen-bond acceptors (Lipinski definition) is 3. The Balaban J connectivity index is 2.62. The van der Waals surface area contributed by atoms with Crippen LogP contribution in [0, 0.1) is 18.3 Å². The summed E-state index contributed by atoms with van der Waals surface area (Å²) in [5.41, 5.74) is 7.79. The van der Waals surface area contributed by atoms with Gasteiger partial charge < -0.3 is 11.1 Å². The molecule has 0 bridgehead atoms. The Morgan fingerprint density at radius 3 is 2.56 bits per heavy atom. The van der Waals surface area contributed by atoms with E-state index in [1.165, 1.54) is 0 Å². The van der Waals surface area contributed by atoms with E-state index in [2.05, 4.69) is 38.0 Å². The highest BCUT2D eigenvalue weighted by Gasteiger charge is 2.19. The Morgan fingerprint density at radius 1 is 1.44 bits per heavy atom. The predicted molar refractivity (Wildman–Crippen MR) is 70.5 cm³/mol. The molecule has 0 aliphatic rings. The fourth-order valence-electron chi connectivity index (χ4n) is 1.34. The Bertz CT molecular complexity index is 353. The molecule has 0 spiro atoms. The van der Waals surface area contributed by atoms with E-state index >= 15 is 0 Å². The van der Waals surface area contributed by atoms with E-state index < -0.39 is 0 Å². The fraction of sp³-hybridized carbons (Fsp3) is 0.615. The van der Waals surface area contributed by atoms with Crippen LogP contribution in [0.5, 0.6) is 0 Å². The number of nitrogens with two attached hydrogens (primary N) is 1. The Kier molecular flexibility index (Phi) is 3.79. The lowest BCUT2D eigenvalue weighted by atomic mass is 9.82. The van der Waals surface area contributed by atoms with Crippen molar-refractivity contribution in [3.8, 4) is 0 Å². The fourth-order valence-corrected chi connectivity index (χ4v) is 1.34. The summed E-state index contributed by atoms with van der Waals surface area (Å²) in [5.74, 6) is 1.52. The zero-order valence-electron chi connectivity index (χ0n) is 11.0. The first kappa shape index (κ1) is 12.8. The number of nitrogen functional groups attached to an aromatic ring is 1. The van der Waals surface area contributed by atoms with E-state index in [4.69, 9.17) is 5.73 Å². The lowest BCUT2D eigenvalue weighted by molar-refractivity contribution is 0.274. The second-order valence-electron chi connectivity index (χ2n) is 5.58. The summed E-state index contributed by atoms with van der Waals surface area (Å²) in [6, 6.07) is 1.94. The van der Waals surface area contributed by atoms with Gasteiger partial charge in [-0.2, -0.15) is 0 Å². The molecule has 16 heavy (non-hydrogen) atoms. The van der Waals surface area contributed by atoms with Gasteiger partial charge in [0.2, 0.25) is 0 Å². The minimum atomic E-state index is 0.314. The van der Waals surface area contributed by atoms with Crippen molar-refractivity contribution in [1.82, 2.24) is 4.98 Å². The van der Waals surface area contributed by atoms with Gasteiger partial charge in [0.1, 0.15) is 5.82 Å². The van der Waals surface area contributed by atoms with E-state index in [9.17, 15) is 0 Å². The van der Waals surface area contributed by atoms with Crippen LogP contribution in [-0.2, 0) is 0 Å². The standard InChI is InChI=1S/C13H23N3/c1-9-6-11(14)8-16-12(9)15-7-10(2)13(3,4)5/h6,8,10H,7,14H2,1-5H3,(H,15,16). The van der Waals surface area contributed by atoms with Gasteiger partial charge in [0, 0.05) is 6.54 Å². The number of hydrogen-bond donors (Lipinski definition) is 2. The van der Waals surface area contributed by atoms with Gasteiger partial charge in [0.25, 0.3) is 0 Å². The van der Waals surface area contributed by atoms with Gasteiger partial charge in [-0.1, -0.05) is 27.7 Å². The van der Waals surface area contributed by atoms with Crippen molar-refractivity contribution < 1.29 is 0 Å². The highest BCUT2D eigenvalue weighted by atomic mass is 15.0. The average molecular weight is 221 g/mol. The molecule has 1 atom stereocenters. The number of rotatable bonds is 3. The molecule has 1 aromatic heterocycles. The predicted octanol–water partition coefficient (Wildman–Crippen LogP) is 3.07. The highest BCUT2D eigenvalue weighted by molar-refractivity contribution is 5.50. The van der Waals surface area contributed by atoms with Crippen molar-refractivity contribution in [2.24, 2.45) is 11.3 Å². The molecule has 1 unspecified atom stereocenters. The van der Waals surface area contributed by atoms with Crippen molar-refractivity contribution in [2.75, 3.05) is 17.6 Å². The lowest BCUT2D eigenvalue weighted by Gasteiger charge is -2.27. The van der Waals surface area contributed by atoms with Crippen LogP contribution >= 0.6 is 0 Å². The summed E-state index contributed by atoms with van der Waals surface area (Å²) in [7, 11) is 0. The van der Waals surface area contributed by atoms with Crippen molar-refractivity contribution in [3.63, 3.8) is 0 Å². The van der Waals surface area contributed by atoms with Crippen LogP contribution in [0.2, 0.25) is 0 Å². The maximum absolute atomic E-state index is 5.66. The summed E-state index contributed by atoms with van der Waals surface area (Å²) in [4.78, 5) is 4.30. The zero-order chi connectivity index (χ0) is 12.3. The Hall–Kier alpha value is -1.25. The molecule has 1 aromatic rings. The number of pyridine rings is 1. The van der Waals surface area contributed by atoms with Gasteiger partial charge >= 0.3 is 0 Å². The highest BCUT2D eigenvalue weighted by Crippen LogP contribution is 2.25. The van der Waals surface area contributed by atoms with Crippen LogP contribution in [0.15, 0.2) is 12.3 Å². The smallest absolute Gasteiger partial charge is 0.129 e. The van der Waals surface area contributed by atoms with Crippen LogP contribution in [0.1, 0.15) is 33.3 Å². The number of aryl methyl sites for hydroxylation is 1. The van der Waals surface area contributed by atoms with Crippen molar-refractivity contribution in [1.29, 1.82) is 0 Å². The Morgan fingerprint density at radius 2 is 2.06 bits per heavy atom. The molecular formula is C13H23N3. The summed E-state index contributed by atoms with van der Waals surface area (Å²) < 4.78 is 0. The first-order chi connectivity index (χ1) is 7.30. The quantitative estimate of drug-likeness (QED) is 0.824. The molecule has 0 aliphatic carbocycles. The molecule has 3 nitrogen and oxygen atoms in total. The molecule has 90 valence electrons. The molecule has 0 amide bonds. The van der Waals surface area contributed by atoms with Gasteiger partial charge in [-0.05, 0) is 29.9 Å². The lowest BCUT2D eigenvalue weighted by Crippen LogP contribution is -2.25. The molecule has 0 saturated carbocycles. The third-order valence-electron chi connectivity index (χ3n) is 3.15. The first-order valence-corrected chi connectivity index (χ1v) is 5.76. The monoisotopic (exact) mass is 221 g/mol. The van der Waals surface area contributed by atoms with Crippen LogP contribution in [0.25, 0.3) is 0 Å². The number of nitrogens with zero attached hydrogens (tertiary/aromatic N) is 1. The molecule has 0 aliphatic heterocycles. The van der Waals surface area contributed by atoms with Crippen LogP contribution in [0.3, 0.4) is 0 Å². The van der Waals surface area contributed by atoms with E-state index in [1.807, 2.05) is 13.0 Å². The summed E-state index contributed by atoms with van der Waals surface area (Å²) in [5, 5.41) is 3.38. The maximum atomic E-state index is 5.66. The topological polar surface area (TPSA) is 50.9 Å². The van der Waals surface area contributed by atoms with E-state index in [1.54, 1.807) is 6.20 Å². The van der Waals surface area contributed by atoms with Gasteiger partial charge in [-0.15, -0.1) is 0 Å². The van der Waals surface area contributed by atoms with E-state index in [0.29, 0.717) is 17.0 Å². The molecule has 1 rings (SSSR count). The van der Waals surface area contributed by atoms with Crippen molar-refractivity contribution in [2.45, 2.75) is 34.6 Å². The second kappa shape index (κ2) is 4.73. The van der Waals surface area contributed by atoms with Gasteiger partial charge in [-0.3, -0.25) is 0 Å². The molecule has 0 aromatic carbocycles. The number of nitrogens with one attached hydrogen (secondary N) is 1. The third kappa shape index (κ3) is 3.40. The van der Waals surface area contributed by atoms with Crippen LogP contribution < -0.4 is 11.1 Å². The Labute approximate surface area is 98.5 Å². The average Bonchev–Trinajstić information content (AvgIpc) is 2.14. The molecular weight excluding hydrogens is 198 g/mol. The van der Waals surface area contributed by atoms with E-state index in [0.717, 1.165) is 17.9 Å². The molecule has 1 heterocycles. The number of aromatic nitrogens is 1. The molecule has 3 heteroatoms. The second-order valence-corrected chi connectivity index (χ2v) is 5.58. The van der Waals surface area contributed by atoms with Crippen molar-refractivity contribution >= 4 is 11.5 Å². The van der Waals surface area contributed by atoms with Gasteiger partial charge in [0.15, 0.2) is 0 Å². The van der Waals surface area contributed by atoms with Crippen LogP contribution in [0.4, 0.5) is 11.5 Å². The summed E-state index contributed by atoms with van der Waals surface area (Å²) in [6.07, 6.45) is 1.69. The maximum Gasteiger partial charge on any atom is 0.129 e. The molecule has 0 radical (unpaired) electrons. The number of anilines is 2. The first-order valence-electron chi connectivity index (χ1n) is 5.76. The normalized spacial score (nSPS) is 13.6. The molecule has 0 fully saturated rings. The molecule has 0 saturated heterocycles. The minimum absolute atomic E-state index is 0.314. The summed E-state index contributed by atoms with van der Waals surface area (Å²) in [6.45, 7) is 12.0. The largest absolute Gasteiger partial charge is 0.397 e. The zero-order valence-corrected chi connectivity index (χ0v) is 11.0. The van der Waals surface area contributed by atoms with Gasteiger partial charge in [0.05, 0.1) is 11.9 Å². The van der Waals surface area contributed by atoms with Gasteiger partial charge in [-0.25, -0.2) is 4.98 Å².